The molecule has 0 radical (unpaired) electrons. The molecule has 2 nitrogen and oxygen atoms in total. The fraction of sp³-hybridized carbons (Fsp3) is 1.00. The first-order valence-electron chi connectivity index (χ1n) is 5.25. The van der Waals surface area contributed by atoms with Crippen LogP contribution in [0.3, 0.4) is 0 Å². The molecule has 1 fully saturated rings. The Kier molecular flexibility index (Phi) is 6.33. The third kappa shape index (κ3) is 4.01. The van der Waals surface area contributed by atoms with Crippen LogP contribution in [-0.2, 0) is 0 Å². The van der Waals surface area contributed by atoms with E-state index in [2.05, 4.69) is 30.3 Å². The number of aliphatic hydroxyl groups is 1. The highest BCUT2D eigenvalue weighted by atomic mass is 32.2. The second kappa shape index (κ2) is 6.99. The van der Waals surface area contributed by atoms with Gasteiger partial charge in [0.1, 0.15) is 0 Å². The minimum atomic E-state index is 0.275. The van der Waals surface area contributed by atoms with Crippen LogP contribution < -0.4 is 5.32 Å². The monoisotopic (exact) mass is 235 g/mol. The van der Waals surface area contributed by atoms with Crippen LogP contribution in [0.25, 0.3) is 0 Å². The Morgan fingerprint density at radius 2 is 2.14 bits per heavy atom. The maximum absolute atomic E-state index is 9.16. The van der Waals surface area contributed by atoms with Gasteiger partial charge in [0.15, 0.2) is 0 Å². The van der Waals surface area contributed by atoms with Crippen molar-refractivity contribution in [1.29, 1.82) is 0 Å². The summed E-state index contributed by atoms with van der Waals surface area (Å²) < 4.78 is 0. The summed E-state index contributed by atoms with van der Waals surface area (Å²) in [6.45, 7) is 2.45. The zero-order valence-corrected chi connectivity index (χ0v) is 10.7. The minimum absolute atomic E-state index is 0.275. The number of hydrogen-bond acceptors (Lipinski definition) is 4. The summed E-state index contributed by atoms with van der Waals surface area (Å²) in [6, 6.07) is 1.09. The molecule has 1 aliphatic heterocycles. The Morgan fingerprint density at radius 1 is 1.50 bits per heavy atom. The van der Waals surface area contributed by atoms with Crippen molar-refractivity contribution in [2.75, 3.05) is 24.4 Å². The molecule has 1 heterocycles. The topological polar surface area (TPSA) is 32.3 Å². The molecule has 2 N–H and O–H groups in total. The van der Waals surface area contributed by atoms with Crippen LogP contribution in [-0.4, -0.2) is 46.8 Å². The van der Waals surface area contributed by atoms with Crippen molar-refractivity contribution < 1.29 is 5.11 Å². The molecule has 0 aliphatic carbocycles. The summed E-state index contributed by atoms with van der Waals surface area (Å²) in [5.74, 6) is 2.57. The lowest BCUT2D eigenvalue weighted by atomic mass is 10.1. The molecule has 84 valence electrons. The highest BCUT2D eigenvalue weighted by Gasteiger charge is 2.20. The van der Waals surface area contributed by atoms with E-state index in [9.17, 15) is 0 Å². The predicted molar refractivity (Wildman–Crippen MR) is 67.3 cm³/mol. The molecule has 14 heavy (non-hydrogen) atoms. The molecule has 1 aliphatic rings. The standard InChI is InChI=1S/C10H21NOS2/c1-8(10(7-12)13-2)11-9-3-5-14-6-4-9/h8-12H,3-7H2,1-2H3. The van der Waals surface area contributed by atoms with Gasteiger partial charge in [0.25, 0.3) is 0 Å². The van der Waals surface area contributed by atoms with Crippen LogP contribution in [0.1, 0.15) is 19.8 Å². The SMILES string of the molecule is CSC(CO)C(C)NC1CCSCC1. The number of hydrogen-bond donors (Lipinski definition) is 2. The lowest BCUT2D eigenvalue weighted by Gasteiger charge is -2.29. The first kappa shape index (κ1) is 12.7. The summed E-state index contributed by atoms with van der Waals surface area (Å²) in [6.07, 6.45) is 4.62. The van der Waals surface area contributed by atoms with Crippen molar-refractivity contribution in [3.63, 3.8) is 0 Å². The molecule has 2 atom stereocenters. The van der Waals surface area contributed by atoms with Gasteiger partial charge in [-0.2, -0.15) is 23.5 Å². The Bertz CT molecular complexity index is 147. The molecule has 1 rings (SSSR count). The molecular weight excluding hydrogens is 214 g/mol. The zero-order chi connectivity index (χ0) is 10.4. The van der Waals surface area contributed by atoms with E-state index < -0.39 is 0 Å². The van der Waals surface area contributed by atoms with Crippen molar-refractivity contribution in [3.05, 3.63) is 0 Å². The van der Waals surface area contributed by atoms with E-state index in [0.29, 0.717) is 17.3 Å². The first-order chi connectivity index (χ1) is 6.77. The highest BCUT2D eigenvalue weighted by molar-refractivity contribution is 7.99. The van der Waals surface area contributed by atoms with Crippen LogP contribution in [0.15, 0.2) is 0 Å². The molecule has 0 spiro atoms. The highest BCUT2D eigenvalue weighted by Crippen LogP contribution is 2.19. The second-order valence-electron chi connectivity index (χ2n) is 3.80. The Hall–Kier alpha value is 0.620. The quantitative estimate of drug-likeness (QED) is 0.758. The van der Waals surface area contributed by atoms with E-state index in [0.717, 1.165) is 0 Å². The summed E-state index contributed by atoms with van der Waals surface area (Å²) in [4.78, 5) is 0. The van der Waals surface area contributed by atoms with Crippen molar-refractivity contribution in [1.82, 2.24) is 5.32 Å². The average Bonchev–Trinajstić information content (AvgIpc) is 2.21. The van der Waals surface area contributed by atoms with Crippen LogP contribution in [0.4, 0.5) is 0 Å². The van der Waals surface area contributed by atoms with Gasteiger partial charge in [-0.05, 0) is 37.5 Å². The van der Waals surface area contributed by atoms with E-state index in [1.165, 1.54) is 24.3 Å². The minimum Gasteiger partial charge on any atom is -0.395 e. The Morgan fingerprint density at radius 3 is 2.64 bits per heavy atom. The first-order valence-corrected chi connectivity index (χ1v) is 7.69. The van der Waals surface area contributed by atoms with Gasteiger partial charge in [0.2, 0.25) is 0 Å². The van der Waals surface area contributed by atoms with Crippen LogP contribution in [0.5, 0.6) is 0 Å². The van der Waals surface area contributed by atoms with Crippen molar-refractivity contribution in [3.8, 4) is 0 Å². The number of nitrogens with one attached hydrogen (secondary N) is 1. The zero-order valence-electron chi connectivity index (χ0n) is 9.03. The van der Waals surface area contributed by atoms with Crippen molar-refractivity contribution in [2.45, 2.75) is 37.1 Å². The summed E-state index contributed by atoms with van der Waals surface area (Å²) in [5, 5.41) is 13.1. The molecule has 0 aromatic rings. The molecule has 1 saturated heterocycles. The summed E-state index contributed by atoms with van der Waals surface area (Å²) >= 11 is 3.80. The number of thioether (sulfide) groups is 2. The maximum atomic E-state index is 9.16. The van der Waals surface area contributed by atoms with Crippen LogP contribution >= 0.6 is 23.5 Å². The number of rotatable bonds is 5. The molecular formula is C10H21NOS2. The van der Waals surface area contributed by atoms with Gasteiger partial charge in [-0.25, -0.2) is 0 Å². The van der Waals surface area contributed by atoms with Gasteiger partial charge in [-0.3, -0.25) is 0 Å². The Labute approximate surface area is 95.6 Å². The molecule has 0 amide bonds. The van der Waals surface area contributed by atoms with Gasteiger partial charge in [0, 0.05) is 17.3 Å². The van der Waals surface area contributed by atoms with E-state index in [1.54, 1.807) is 11.8 Å². The van der Waals surface area contributed by atoms with E-state index in [4.69, 9.17) is 5.11 Å². The molecule has 0 aromatic heterocycles. The molecule has 4 heteroatoms. The molecule has 0 bridgehead atoms. The van der Waals surface area contributed by atoms with Gasteiger partial charge in [-0.15, -0.1) is 0 Å². The fourth-order valence-corrected chi connectivity index (χ4v) is 3.52. The second-order valence-corrected chi connectivity index (χ2v) is 6.10. The third-order valence-electron chi connectivity index (χ3n) is 2.76. The molecule has 2 unspecified atom stereocenters. The summed E-state index contributed by atoms with van der Waals surface area (Å²) in [5.41, 5.74) is 0. The van der Waals surface area contributed by atoms with E-state index in [-0.39, 0.29) is 6.61 Å². The lowest BCUT2D eigenvalue weighted by molar-refractivity contribution is 0.268. The van der Waals surface area contributed by atoms with Crippen LogP contribution in [0, 0.1) is 0 Å². The van der Waals surface area contributed by atoms with Crippen molar-refractivity contribution >= 4 is 23.5 Å². The van der Waals surface area contributed by atoms with Crippen molar-refractivity contribution in [2.24, 2.45) is 0 Å². The predicted octanol–water partition coefficient (Wildman–Crippen LogP) is 1.58. The van der Waals surface area contributed by atoms with E-state index in [1.807, 2.05) is 0 Å². The normalized spacial score (nSPS) is 23.4. The van der Waals surface area contributed by atoms with Gasteiger partial charge < -0.3 is 10.4 Å². The fourth-order valence-electron chi connectivity index (χ4n) is 1.78. The average molecular weight is 235 g/mol. The third-order valence-corrected chi connectivity index (χ3v) is 4.97. The smallest absolute Gasteiger partial charge is 0.0564 e. The van der Waals surface area contributed by atoms with E-state index >= 15 is 0 Å². The largest absolute Gasteiger partial charge is 0.395 e. The van der Waals surface area contributed by atoms with Crippen LogP contribution in [0.2, 0.25) is 0 Å². The van der Waals surface area contributed by atoms with Gasteiger partial charge >= 0.3 is 0 Å². The van der Waals surface area contributed by atoms with Gasteiger partial charge in [-0.1, -0.05) is 0 Å². The lowest BCUT2D eigenvalue weighted by Crippen LogP contribution is -2.45. The molecule has 0 saturated carbocycles. The van der Waals surface area contributed by atoms with Gasteiger partial charge in [0.05, 0.1) is 6.61 Å². The summed E-state index contributed by atoms with van der Waals surface area (Å²) in [7, 11) is 0. The number of aliphatic hydroxyl groups excluding tert-OH is 1. The Balaban J connectivity index is 2.26. The molecule has 0 aromatic carbocycles. The maximum Gasteiger partial charge on any atom is 0.0564 e.